The lowest BCUT2D eigenvalue weighted by Crippen LogP contribution is -2.51. The van der Waals surface area contributed by atoms with Crippen molar-refractivity contribution in [1.29, 1.82) is 0 Å². The second-order valence-electron chi connectivity index (χ2n) is 6.51. The van der Waals surface area contributed by atoms with Gasteiger partial charge in [0.2, 0.25) is 5.91 Å². The molecule has 6 nitrogen and oxygen atoms in total. The number of rotatable bonds is 4. The summed E-state index contributed by atoms with van der Waals surface area (Å²) in [5.41, 5.74) is 0.964. The van der Waals surface area contributed by atoms with Gasteiger partial charge in [0.1, 0.15) is 5.82 Å². The Balaban J connectivity index is 1.46. The van der Waals surface area contributed by atoms with E-state index in [1.165, 1.54) is 12.1 Å². The molecule has 1 aromatic carbocycles. The van der Waals surface area contributed by atoms with E-state index < -0.39 is 21.3 Å². The van der Waals surface area contributed by atoms with Crippen molar-refractivity contribution in [3.63, 3.8) is 0 Å². The van der Waals surface area contributed by atoms with Crippen LogP contribution in [0, 0.1) is 5.82 Å². The zero-order valence-electron chi connectivity index (χ0n) is 13.7. The van der Waals surface area contributed by atoms with Gasteiger partial charge < -0.3 is 10.2 Å². The van der Waals surface area contributed by atoms with Gasteiger partial charge in [-0.05, 0) is 24.3 Å². The van der Waals surface area contributed by atoms with Gasteiger partial charge in [0, 0.05) is 31.9 Å². The number of benzene rings is 1. The summed E-state index contributed by atoms with van der Waals surface area (Å²) in [5, 5.41) is 2.17. The molecule has 2 fully saturated rings. The van der Waals surface area contributed by atoms with Gasteiger partial charge in [0.15, 0.2) is 9.84 Å². The minimum Gasteiger partial charge on any atom is -0.369 e. The number of alkyl halides is 1. The van der Waals surface area contributed by atoms with Crippen molar-refractivity contribution >= 4 is 33.0 Å². The molecule has 0 spiro atoms. The van der Waals surface area contributed by atoms with Crippen LogP contribution in [-0.4, -0.2) is 74.9 Å². The molecule has 2 aliphatic heterocycles. The van der Waals surface area contributed by atoms with Crippen LogP contribution in [0.4, 0.5) is 10.1 Å². The molecule has 25 heavy (non-hydrogen) atoms. The maximum atomic E-state index is 13.0. The molecule has 9 heteroatoms. The van der Waals surface area contributed by atoms with E-state index >= 15 is 0 Å². The Morgan fingerprint density at radius 1 is 1.16 bits per heavy atom. The molecule has 0 saturated carbocycles. The van der Waals surface area contributed by atoms with Crippen molar-refractivity contribution in [2.24, 2.45) is 0 Å². The molecule has 0 unspecified atom stereocenters. The molecular weight excluding hydrogens is 369 g/mol. The van der Waals surface area contributed by atoms with Crippen molar-refractivity contribution in [2.75, 3.05) is 49.1 Å². The van der Waals surface area contributed by atoms with Gasteiger partial charge in [-0.25, -0.2) is 12.8 Å². The van der Waals surface area contributed by atoms with Crippen LogP contribution in [-0.2, 0) is 14.6 Å². The van der Waals surface area contributed by atoms with E-state index in [1.807, 2.05) is 4.90 Å². The van der Waals surface area contributed by atoms with Gasteiger partial charge in [0.25, 0.3) is 0 Å². The van der Waals surface area contributed by atoms with Gasteiger partial charge >= 0.3 is 0 Å². The lowest BCUT2D eigenvalue weighted by Gasteiger charge is -2.35. The number of amides is 1. The number of anilines is 1. The van der Waals surface area contributed by atoms with Crippen molar-refractivity contribution in [3.8, 4) is 0 Å². The average molecular weight is 390 g/mol. The van der Waals surface area contributed by atoms with Crippen molar-refractivity contribution in [3.05, 3.63) is 30.1 Å². The fraction of sp³-hybridized carbons (Fsp3) is 0.562. The van der Waals surface area contributed by atoms with Gasteiger partial charge in [-0.2, -0.15) is 0 Å². The fourth-order valence-corrected chi connectivity index (χ4v) is 5.76. The summed E-state index contributed by atoms with van der Waals surface area (Å²) in [6, 6.07) is 5.86. The van der Waals surface area contributed by atoms with E-state index in [0.717, 1.165) is 18.8 Å². The zero-order valence-corrected chi connectivity index (χ0v) is 15.3. The number of carbonyl (C=O) groups excluding carboxylic acids is 1. The predicted octanol–water partition coefficient (Wildman–Crippen LogP) is 0.468. The van der Waals surface area contributed by atoms with Crippen molar-refractivity contribution in [1.82, 2.24) is 10.2 Å². The molecule has 138 valence electrons. The highest BCUT2D eigenvalue weighted by atomic mass is 35.5. The summed E-state index contributed by atoms with van der Waals surface area (Å²) in [7, 11) is -3.16. The highest BCUT2D eigenvalue weighted by molar-refractivity contribution is 7.91. The second-order valence-corrected chi connectivity index (χ2v) is 9.22. The van der Waals surface area contributed by atoms with Gasteiger partial charge in [0.05, 0.1) is 29.5 Å². The maximum absolute atomic E-state index is 13.0. The number of hydrogen-bond acceptors (Lipinski definition) is 5. The highest BCUT2D eigenvalue weighted by Gasteiger charge is 2.37. The number of carbonyl (C=O) groups is 1. The Labute approximate surface area is 151 Å². The van der Waals surface area contributed by atoms with Crippen LogP contribution in [0.5, 0.6) is 0 Å². The number of sulfone groups is 1. The van der Waals surface area contributed by atoms with Gasteiger partial charge in [-0.1, -0.05) is 0 Å². The van der Waals surface area contributed by atoms with Crippen LogP contribution in [0.25, 0.3) is 0 Å². The van der Waals surface area contributed by atoms with Crippen molar-refractivity contribution in [2.45, 2.75) is 11.4 Å². The summed E-state index contributed by atoms with van der Waals surface area (Å²) in [4.78, 5) is 16.3. The van der Waals surface area contributed by atoms with E-state index in [4.69, 9.17) is 11.6 Å². The molecule has 3 rings (SSSR count). The smallest absolute Gasteiger partial charge is 0.234 e. The molecule has 2 atom stereocenters. The number of halogens is 2. The van der Waals surface area contributed by atoms with Crippen molar-refractivity contribution < 1.29 is 17.6 Å². The molecule has 2 heterocycles. The zero-order chi connectivity index (χ0) is 18.0. The van der Waals surface area contributed by atoms with Crippen LogP contribution in [0.15, 0.2) is 24.3 Å². The summed E-state index contributed by atoms with van der Waals surface area (Å²) >= 11 is 6.01. The molecule has 2 saturated heterocycles. The standard InChI is InChI=1S/C16H21ClFN3O3S/c17-14-10-25(23,24)11-15(14)19-16(22)9-20-5-7-21(8-6-20)13-3-1-12(18)2-4-13/h1-4,14-15H,5-11H2,(H,19,22)/t14-,15-/m1/s1. The van der Waals surface area contributed by atoms with Crippen LogP contribution < -0.4 is 10.2 Å². The molecule has 0 aliphatic carbocycles. The first-order valence-electron chi connectivity index (χ1n) is 8.19. The van der Waals surface area contributed by atoms with E-state index in [-0.39, 0.29) is 29.8 Å². The third-order valence-corrected chi connectivity index (χ3v) is 6.94. The Morgan fingerprint density at radius 2 is 1.80 bits per heavy atom. The lowest BCUT2D eigenvalue weighted by atomic mass is 10.2. The van der Waals surface area contributed by atoms with E-state index in [1.54, 1.807) is 12.1 Å². The minimum atomic E-state index is -3.16. The molecule has 0 aromatic heterocycles. The van der Waals surface area contributed by atoms with Gasteiger partial charge in [-0.3, -0.25) is 9.69 Å². The topological polar surface area (TPSA) is 69.7 Å². The number of piperazine rings is 1. The Kier molecular flexibility index (Phi) is 5.50. The number of nitrogens with one attached hydrogen (secondary N) is 1. The Hall–Kier alpha value is -1.38. The number of hydrogen-bond donors (Lipinski definition) is 1. The first kappa shape index (κ1) is 18.4. The average Bonchev–Trinajstić information content (AvgIpc) is 2.80. The van der Waals surface area contributed by atoms with E-state index in [9.17, 15) is 17.6 Å². The molecule has 2 aliphatic rings. The lowest BCUT2D eigenvalue weighted by molar-refractivity contribution is -0.122. The van der Waals surface area contributed by atoms with Crippen LogP contribution in [0.2, 0.25) is 0 Å². The number of nitrogens with zero attached hydrogens (tertiary/aromatic N) is 2. The maximum Gasteiger partial charge on any atom is 0.234 e. The molecule has 0 bridgehead atoms. The molecule has 1 N–H and O–H groups in total. The molecule has 0 radical (unpaired) electrons. The third-order valence-electron chi connectivity index (χ3n) is 4.56. The van der Waals surface area contributed by atoms with E-state index in [0.29, 0.717) is 13.1 Å². The summed E-state index contributed by atoms with van der Waals surface area (Å²) < 4.78 is 36.1. The highest BCUT2D eigenvalue weighted by Crippen LogP contribution is 2.19. The monoisotopic (exact) mass is 389 g/mol. The van der Waals surface area contributed by atoms with Crippen LogP contribution >= 0.6 is 11.6 Å². The predicted molar refractivity (Wildman–Crippen MR) is 95.3 cm³/mol. The third kappa shape index (κ3) is 4.83. The largest absolute Gasteiger partial charge is 0.369 e. The quantitative estimate of drug-likeness (QED) is 0.758. The molecule has 1 aromatic rings. The van der Waals surface area contributed by atoms with E-state index in [2.05, 4.69) is 10.2 Å². The van der Waals surface area contributed by atoms with Crippen LogP contribution in [0.1, 0.15) is 0 Å². The molecular formula is C16H21ClFN3O3S. The summed E-state index contributed by atoms with van der Waals surface area (Å²) in [6.45, 7) is 3.12. The molecule has 1 amide bonds. The minimum absolute atomic E-state index is 0.0875. The van der Waals surface area contributed by atoms with Gasteiger partial charge in [-0.15, -0.1) is 11.6 Å². The summed E-state index contributed by atoms with van der Waals surface area (Å²) in [6.07, 6.45) is 0. The Bertz CT molecular complexity index is 721. The second kappa shape index (κ2) is 7.47. The SMILES string of the molecule is O=C(CN1CCN(c2ccc(F)cc2)CC1)N[C@@H]1CS(=O)(=O)C[C@H]1Cl. The first-order valence-corrected chi connectivity index (χ1v) is 10.4. The normalized spacial score (nSPS) is 26.6. The Morgan fingerprint density at radius 3 is 2.36 bits per heavy atom. The van der Waals surface area contributed by atoms with Crippen LogP contribution in [0.3, 0.4) is 0 Å². The summed E-state index contributed by atoms with van der Waals surface area (Å²) in [5.74, 6) is -0.644. The fourth-order valence-electron chi connectivity index (χ4n) is 3.21. The first-order chi connectivity index (χ1) is 11.8.